The van der Waals surface area contributed by atoms with Gasteiger partial charge in [0, 0.05) is 11.7 Å². The van der Waals surface area contributed by atoms with Gasteiger partial charge in [-0.05, 0) is 17.5 Å². The Kier molecular flexibility index (Phi) is 4.87. The van der Waals surface area contributed by atoms with Gasteiger partial charge in [-0.25, -0.2) is 0 Å². The van der Waals surface area contributed by atoms with Crippen molar-refractivity contribution < 1.29 is 0 Å². The molecule has 0 aliphatic heterocycles. The number of aromatic amines is 1. The van der Waals surface area contributed by atoms with Crippen LogP contribution in [0, 0.1) is 0 Å². The van der Waals surface area contributed by atoms with E-state index in [1.54, 1.807) is 0 Å². The van der Waals surface area contributed by atoms with E-state index in [9.17, 15) is 0 Å². The molecule has 0 fully saturated rings. The van der Waals surface area contributed by atoms with Crippen LogP contribution in [0.3, 0.4) is 0 Å². The molecule has 1 N–H and O–H groups in total. The highest BCUT2D eigenvalue weighted by Crippen LogP contribution is 2.09. The van der Waals surface area contributed by atoms with Gasteiger partial charge in [0.25, 0.3) is 0 Å². The Morgan fingerprint density at radius 2 is 1.19 bits per heavy atom. The summed E-state index contributed by atoms with van der Waals surface area (Å²) in [5.74, 6) is 0. The number of fused-ring (bicyclic) bond motifs is 1. The van der Waals surface area contributed by atoms with E-state index in [2.05, 4.69) is 23.2 Å². The lowest BCUT2D eigenvalue weighted by molar-refractivity contribution is 1.48. The van der Waals surface area contributed by atoms with Crippen LogP contribution in [0.15, 0.2) is 72.9 Å². The molecule has 0 unspecified atom stereocenters. The number of aromatic nitrogens is 1. The average molecular weight is 211 g/mol. The summed E-state index contributed by atoms with van der Waals surface area (Å²) in [4.78, 5) is 3.12. The third-order valence-corrected chi connectivity index (χ3v) is 2.13. The van der Waals surface area contributed by atoms with Crippen molar-refractivity contribution in [1.82, 2.24) is 4.98 Å². The summed E-state index contributed by atoms with van der Waals surface area (Å²) in [6, 6.07) is 22.3. The van der Waals surface area contributed by atoms with Gasteiger partial charge in [-0.1, -0.05) is 62.0 Å². The molecule has 82 valence electrons. The predicted molar refractivity (Wildman–Crippen MR) is 71.5 cm³/mol. The van der Waals surface area contributed by atoms with Crippen molar-refractivity contribution in [2.24, 2.45) is 0 Å². The summed E-state index contributed by atoms with van der Waals surface area (Å²) >= 11 is 0. The summed E-state index contributed by atoms with van der Waals surface area (Å²) in [6.45, 7) is 0. The zero-order chi connectivity index (χ0) is 10.3. The minimum Gasteiger partial charge on any atom is -0.361 e. The third kappa shape index (κ3) is 3.28. The molecule has 3 aromatic rings. The standard InChI is InChI=1S/C8H7N.C6H6.CH4/c1-2-4-8-7(3-1)5-6-9-8;1-2-4-6-5-3-1;/h1-6,9H;1-6H;1H4. The molecular weight excluding hydrogens is 194 g/mol. The molecular formula is C15H17N. The van der Waals surface area contributed by atoms with E-state index in [1.165, 1.54) is 10.9 Å². The van der Waals surface area contributed by atoms with E-state index in [0.29, 0.717) is 0 Å². The zero-order valence-electron chi connectivity index (χ0n) is 8.43. The second-order valence-electron chi connectivity index (χ2n) is 3.22. The topological polar surface area (TPSA) is 15.8 Å². The fourth-order valence-electron chi connectivity index (χ4n) is 1.38. The van der Waals surface area contributed by atoms with Gasteiger partial charge in [-0.3, -0.25) is 0 Å². The molecule has 0 bridgehead atoms. The monoisotopic (exact) mass is 211 g/mol. The highest BCUT2D eigenvalue weighted by Gasteiger charge is 1.86. The maximum atomic E-state index is 3.12. The summed E-state index contributed by atoms with van der Waals surface area (Å²) in [5.41, 5.74) is 1.21. The summed E-state index contributed by atoms with van der Waals surface area (Å²) in [7, 11) is 0. The number of H-pyrrole nitrogens is 1. The smallest absolute Gasteiger partial charge is 0.0453 e. The van der Waals surface area contributed by atoms with Crippen molar-refractivity contribution in [3.63, 3.8) is 0 Å². The molecule has 0 amide bonds. The van der Waals surface area contributed by atoms with Gasteiger partial charge >= 0.3 is 0 Å². The van der Waals surface area contributed by atoms with Crippen molar-refractivity contribution in [3.05, 3.63) is 72.9 Å². The van der Waals surface area contributed by atoms with Gasteiger partial charge < -0.3 is 4.98 Å². The van der Waals surface area contributed by atoms with Gasteiger partial charge in [-0.2, -0.15) is 0 Å². The van der Waals surface area contributed by atoms with E-state index in [-0.39, 0.29) is 7.43 Å². The molecule has 0 aliphatic carbocycles. The molecule has 0 radical (unpaired) electrons. The lowest BCUT2D eigenvalue weighted by Gasteiger charge is -1.83. The minimum absolute atomic E-state index is 0. The van der Waals surface area contributed by atoms with Gasteiger partial charge in [0.2, 0.25) is 0 Å². The van der Waals surface area contributed by atoms with Gasteiger partial charge in [-0.15, -0.1) is 0 Å². The molecule has 1 aromatic heterocycles. The summed E-state index contributed by atoms with van der Waals surface area (Å²) in [5, 5.41) is 1.28. The predicted octanol–water partition coefficient (Wildman–Crippen LogP) is 4.49. The summed E-state index contributed by atoms with van der Waals surface area (Å²) < 4.78 is 0. The van der Waals surface area contributed by atoms with Crippen LogP contribution in [0.1, 0.15) is 7.43 Å². The highest BCUT2D eigenvalue weighted by molar-refractivity contribution is 5.78. The molecule has 3 rings (SSSR count). The van der Waals surface area contributed by atoms with Gasteiger partial charge in [0.1, 0.15) is 0 Å². The molecule has 1 heterocycles. The largest absolute Gasteiger partial charge is 0.361 e. The van der Waals surface area contributed by atoms with E-state index >= 15 is 0 Å². The Hall–Kier alpha value is -2.02. The van der Waals surface area contributed by atoms with E-state index in [1.807, 2.05) is 54.7 Å². The first-order chi connectivity index (χ1) is 7.47. The summed E-state index contributed by atoms with van der Waals surface area (Å²) in [6.07, 6.45) is 1.95. The minimum atomic E-state index is 0. The van der Waals surface area contributed by atoms with E-state index < -0.39 is 0 Å². The van der Waals surface area contributed by atoms with Gasteiger partial charge in [0.05, 0.1) is 0 Å². The maximum absolute atomic E-state index is 3.12. The van der Waals surface area contributed by atoms with E-state index in [0.717, 1.165) is 0 Å². The lowest BCUT2D eigenvalue weighted by atomic mass is 10.3. The fourth-order valence-corrected chi connectivity index (χ4v) is 1.38. The molecule has 0 saturated heterocycles. The maximum Gasteiger partial charge on any atom is 0.0453 e. The number of nitrogens with one attached hydrogen (secondary N) is 1. The Labute approximate surface area is 96.8 Å². The van der Waals surface area contributed by atoms with Crippen molar-refractivity contribution in [3.8, 4) is 0 Å². The molecule has 0 aliphatic rings. The molecule has 0 atom stereocenters. The zero-order valence-corrected chi connectivity index (χ0v) is 8.43. The molecule has 1 heteroatoms. The van der Waals surface area contributed by atoms with Crippen LogP contribution in [0.2, 0.25) is 0 Å². The van der Waals surface area contributed by atoms with Crippen molar-refractivity contribution in [1.29, 1.82) is 0 Å². The van der Waals surface area contributed by atoms with E-state index in [4.69, 9.17) is 0 Å². The third-order valence-electron chi connectivity index (χ3n) is 2.13. The number of benzene rings is 2. The normalized spacial score (nSPS) is 8.75. The van der Waals surface area contributed by atoms with Crippen molar-refractivity contribution >= 4 is 10.9 Å². The quantitative estimate of drug-likeness (QED) is 0.564. The van der Waals surface area contributed by atoms with Crippen LogP contribution >= 0.6 is 0 Å². The SMILES string of the molecule is C.c1ccc2[nH]ccc2c1.c1ccccc1. The van der Waals surface area contributed by atoms with Crippen LogP contribution in [0.5, 0.6) is 0 Å². The first-order valence-electron chi connectivity index (χ1n) is 4.99. The van der Waals surface area contributed by atoms with Gasteiger partial charge in [0.15, 0.2) is 0 Å². The Balaban J connectivity index is 0.000000162. The van der Waals surface area contributed by atoms with Crippen LogP contribution in [-0.2, 0) is 0 Å². The first-order valence-corrected chi connectivity index (χ1v) is 4.99. The Bertz CT molecular complexity index is 440. The number of rotatable bonds is 0. The van der Waals surface area contributed by atoms with Crippen LogP contribution < -0.4 is 0 Å². The first kappa shape index (κ1) is 12.1. The number of hydrogen-bond acceptors (Lipinski definition) is 0. The number of hydrogen-bond donors (Lipinski definition) is 1. The second-order valence-corrected chi connectivity index (χ2v) is 3.22. The Morgan fingerprint density at radius 3 is 1.75 bits per heavy atom. The highest BCUT2D eigenvalue weighted by atomic mass is 14.6. The lowest BCUT2D eigenvalue weighted by Crippen LogP contribution is -1.61. The van der Waals surface area contributed by atoms with Crippen molar-refractivity contribution in [2.45, 2.75) is 7.43 Å². The molecule has 0 spiro atoms. The number of para-hydroxylation sites is 1. The fraction of sp³-hybridized carbons (Fsp3) is 0.0667. The van der Waals surface area contributed by atoms with Crippen molar-refractivity contribution in [2.75, 3.05) is 0 Å². The average Bonchev–Trinajstić information content (AvgIpc) is 2.80. The Morgan fingerprint density at radius 1 is 0.625 bits per heavy atom. The molecule has 0 saturated carbocycles. The van der Waals surface area contributed by atoms with Crippen LogP contribution in [0.25, 0.3) is 10.9 Å². The molecule has 2 aromatic carbocycles. The van der Waals surface area contributed by atoms with Crippen LogP contribution in [0.4, 0.5) is 0 Å². The molecule has 16 heavy (non-hydrogen) atoms. The second kappa shape index (κ2) is 6.46. The van der Waals surface area contributed by atoms with Crippen LogP contribution in [-0.4, -0.2) is 4.98 Å². The molecule has 1 nitrogen and oxygen atoms in total.